The standard InChI is InChI=1S/C22H24F2N4O3/c1-3-13-9-25-20(30)14-5-4-12(8-17(14)31-13)18-15-6-7-22(23,24)19(15)27-21(26-18)28-10-16(29)11(28)2/h4-5,8,11,13,16,29H,3,6-7,9-10H2,1-2H3,(H,25,30)/t11-,13+,16+/m0/s1. The van der Waals surface area contributed by atoms with Crippen molar-refractivity contribution in [2.24, 2.45) is 0 Å². The average Bonchev–Trinajstić information content (AvgIpc) is 2.97. The van der Waals surface area contributed by atoms with Gasteiger partial charge in [-0.05, 0) is 31.9 Å². The first-order valence-electron chi connectivity index (χ1n) is 10.6. The first kappa shape index (κ1) is 20.1. The predicted octanol–water partition coefficient (Wildman–Crippen LogP) is 2.65. The number of anilines is 1. The van der Waals surface area contributed by atoms with Gasteiger partial charge in [0.1, 0.15) is 17.5 Å². The SMILES string of the molecule is CC[C@@H]1CNC(=O)c2ccc(-c3nc(N4C[C@@H](O)[C@@H]4C)nc4c3CCC4(F)F)cc2O1. The molecule has 2 aliphatic heterocycles. The molecule has 0 radical (unpaired) electrons. The Hall–Kier alpha value is -2.81. The van der Waals surface area contributed by atoms with Gasteiger partial charge in [-0.3, -0.25) is 4.79 Å². The third-order valence-corrected chi connectivity index (χ3v) is 6.46. The van der Waals surface area contributed by atoms with E-state index in [4.69, 9.17) is 4.74 Å². The number of halogens is 2. The number of alkyl halides is 2. The number of carbonyl (C=O) groups excluding carboxylic acids is 1. The van der Waals surface area contributed by atoms with E-state index in [1.165, 1.54) is 0 Å². The molecule has 1 aliphatic carbocycles. The molecule has 3 heterocycles. The number of nitrogens with one attached hydrogen (secondary N) is 1. The Morgan fingerprint density at radius 2 is 2.16 bits per heavy atom. The molecule has 1 fully saturated rings. The van der Waals surface area contributed by atoms with E-state index < -0.39 is 12.0 Å². The zero-order valence-electron chi connectivity index (χ0n) is 17.4. The molecule has 3 aliphatic rings. The number of ether oxygens (including phenoxy) is 1. The maximum absolute atomic E-state index is 14.6. The molecule has 0 saturated carbocycles. The highest BCUT2D eigenvalue weighted by Gasteiger charge is 2.45. The van der Waals surface area contributed by atoms with Crippen molar-refractivity contribution in [3.05, 3.63) is 35.0 Å². The van der Waals surface area contributed by atoms with Gasteiger partial charge in [0.2, 0.25) is 5.95 Å². The van der Waals surface area contributed by atoms with Gasteiger partial charge in [-0.1, -0.05) is 13.0 Å². The second-order valence-corrected chi connectivity index (χ2v) is 8.43. The lowest BCUT2D eigenvalue weighted by atomic mass is 10.0. The van der Waals surface area contributed by atoms with E-state index in [1.54, 1.807) is 23.1 Å². The number of aliphatic hydroxyl groups is 1. The van der Waals surface area contributed by atoms with Crippen LogP contribution in [0, 0.1) is 0 Å². The Kier molecular flexibility index (Phi) is 4.62. The normalized spacial score (nSPS) is 26.3. The van der Waals surface area contributed by atoms with Crippen molar-refractivity contribution in [1.29, 1.82) is 0 Å². The lowest BCUT2D eigenvalue weighted by molar-refractivity contribution is -0.00603. The molecule has 2 aromatic rings. The molecule has 1 aromatic carbocycles. The molecule has 2 N–H and O–H groups in total. The Balaban J connectivity index is 1.63. The van der Waals surface area contributed by atoms with Gasteiger partial charge in [-0.15, -0.1) is 0 Å². The first-order valence-corrected chi connectivity index (χ1v) is 10.6. The molecule has 1 amide bonds. The lowest BCUT2D eigenvalue weighted by Crippen LogP contribution is -2.59. The van der Waals surface area contributed by atoms with Crippen molar-refractivity contribution in [3.8, 4) is 17.0 Å². The minimum Gasteiger partial charge on any atom is -0.488 e. The van der Waals surface area contributed by atoms with Gasteiger partial charge in [0.05, 0.1) is 29.9 Å². The Bertz CT molecular complexity index is 1060. The maximum atomic E-state index is 14.6. The van der Waals surface area contributed by atoms with E-state index >= 15 is 0 Å². The largest absolute Gasteiger partial charge is 0.488 e. The highest BCUT2D eigenvalue weighted by atomic mass is 19.3. The van der Waals surface area contributed by atoms with Crippen molar-refractivity contribution in [2.45, 2.75) is 57.3 Å². The summed E-state index contributed by atoms with van der Waals surface area (Å²) in [6.07, 6.45) is -0.121. The van der Waals surface area contributed by atoms with Crippen LogP contribution in [0.5, 0.6) is 5.75 Å². The number of fused-ring (bicyclic) bond motifs is 2. The fourth-order valence-electron chi connectivity index (χ4n) is 4.34. The number of β-amino-alcohol motifs (C(OH)–C–C–N with tert-alkyl or cyclic N) is 1. The van der Waals surface area contributed by atoms with Gasteiger partial charge in [-0.25, -0.2) is 9.97 Å². The number of aliphatic hydroxyl groups excluding tert-OH is 1. The third kappa shape index (κ3) is 3.22. The monoisotopic (exact) mass is 430 g/mol. The summed E-state index contributed by atoms with van der Waals surface area (Å²) in [4.78, 5) is 23.0. The fraction of sp³-hybridized carbons (Fsp3) is 0.500. The van der Waals surface area contributed by atoms with Crippen LogP contribution in [0.25, 0.3) is 11.3 Å². The van der Waals surface area contributed by atoms with E-state index in [2.05, 4.69) is 15.3 Å². The van der Waals surface area contributed by atoms with Gasteiger partial charge in [0, 0.05) is 24.1 Å². The van der Waals surface area contributed by atoms with E-state index in [9.17, 15) is 18.7 Å². The minimum atomic E-state index is -3.02. The fourth-order valence-corrected chi connectivity index (χ4v) is 4.34. The van der Waals surface area contributed by atoms with Crippen molar-refractivity contribution in [2.75, 3.05) is 18.0 Å². The quantitative estimate of drug-likeness (QED) is 0.779. The molecule has 0 unspecified atom stereocenters. The lowest BCUT2D eigenvalue weighted by Gasteiger charge is -2.43. The molecular weight excluding hydrogens is 406 g/mol. The minimum absolute atomic E-state index is 0.167. The van der Waals surface area contributed by atoms with Gasteiger partial charge >= 0.3 is 0 Å². The van der Waals surface area contributed by atoms with Crippen molar-refractivity contribution in [3.63, 3.8) is 0 Å². The summed E-state index contributed by atoms with van der Waals surface area (Å²) in [7, 11) is 0. The number of nitrogens with zero attached hydrogens (tertiary/aromatic N) is 3. The molecule has 9 heteroatoms. The molecule has 31 heavy (non-hydrogen) atoms. The number of benzene rings is 1. The smallest absolute Gasteiger partial charge is 0.290 e. The van der Waals surface area contributed by atoms with Gasteiger partial charge < -0.3 is 20.1 Å². The van der Waals surface area contributed by atoms with Crippen molar-refractivity contribution in [1.82, 2.24) is 15.3 Å². The summed E-state index contributed by atoms with van der Waals surface area (Å²) in [6.45, 7) is 4.49. The molecule has 0 spiro atoms. The number of amides is 1. The summed E-state index contributed by atoms with van der Waals surface area (Å²) < 4.78 is 35.2. The first-order chi connectivity index (χ1) is 14.8. The summed E-state index contributed by atoms with van der Waals surface area (Å²) >= 11 is 0. The van der Waals surface area contributed by atoms with Gasteiger partial charge in [-0.2, -0.15) is 8.78 Å². The second-order valence-electron chi connectivity index (χ2n) is 8.43. The number of hydrogen-bond donors (Lipinski definition) is 2. The number of rotatable bonds is 3. The predicted molar refractivity (Wildman–Crippen MR) is 110 cm³/mol. The molecule has 1 saturated heterocycles. The molecular formula is C22H24F2N4O3. The topological polar surface area (TPSA) is 87.6 Å². The molecule has 0 bridgehead atoms. The molecule has 5 rings (SSSR count). The molecule has 1 aromatic heterocycles. The summed E-state index contributed by atoms with van der Waals surface area (Å²) in [5.41, 5.74) is 1.62. The van der Waals surface area contributed by atoms with Crippen LogP contribution in [0.1, 0.15) is 48.3 Å². The van der Waals surface area contributed by atoms with Crippen LogP contribution in [0.15, 0.2) is 18.2 Å². The van der Waals surface area contributed by atoms with E-state index in [0.29, 0.717) is 41.2 Å². The van der Waals surface area contributed by atoms with Crippen LogP contribution in [0.2, 0.25) is 0 Å². The van der Waals surface area contributed by atoms with Crippen LogP contribution in [-0.2, 0) is 12.3 Å². The molecule has 7 nitrogen and oxygen atoms in total. The highest BCUT2D eigenvalue weighted by molar-refractivity contribution is 5.98. The van der Waals surface area contributed by atoms with Crippen molar-refractivity contribution < 1.29 is 23.4 Å². The second kappa shape index (κ2) is 7.12. The van der Waals surface area contributed by atoms with Crippen LogP contribution in [0.3, 0.4) is 0 Å². The Morgan fingerprint density at radius 3 is 2.87 bits per heavy atom. The van der Waals surface area contributed by atoms with E-state index in [1.807, 2.05) is 13.8 Å². The number of hydrogen-bond acceptors (Lipinski definition) is 6. The summed E-state index contributed by atoms with van der Waals surface area (Å²) in [5, 5.41) is 12.7. The summed E-state index contributed by atoms with van der Waals surface area (Å²) in [6, 6.07) is 4.83. The number of aromatic nitrogens is 2. The number of carbonyl (C=O) groups is 1. The Morgan fingerprint density at radius 1 is 1.35 bits per heavy atom. The third-order valence-electron chi connectivity index (χ3n) is 6.46. The Labute approximate surface area is 178 Å². The van der Waals surface area contributed by atoms with Gasteiger partial charge in [0.15, 0.2) is 0 Å². The summed E-state index contributed by atoms with van der Waals surface area (Å²) in [5.74, 6) is -2.64. The van der Waals surface area contributed by atoms with E-state index in [0.717, 1.165) is 6.42 Å². The van der Waals surface area contributed by atoms with Crippen LogP contribution < -0.4 is 15.0 Å². The van der Waals surface area contributed by atoms with Crippen LogP contribution in [0.4, 0.5) is 14.7 Å². The maximum Gasteiger partial charge on any atom is 0.290 e. The van der Waals surface area contributed by atoms with Crippen LogP contribution >= 0.6 is 0 Å². The van der Waals surface area contributed by atoms with Crippen LogP contribution in [-0.4, -0.2) is 52.3 Å². The molecule has 164 valence electrons. The van der Waals surface area contributed by atoms with Crippen molar-refractivity contribution >= 4 is 11.9 Å². The highest BCUT2D eigenvalue weighted by Crippen LogP contribution is 2.45. The average molecular weight is 430 g/mol. The van der Waals surface area contributed by atoms with Gasteiger partial charge in [0.25, 0.3) is 11.8 Å². The zero-order chi connectivity index (χ0) is 21.9. The molecule has 3 atom stereocenters. The zero-order valence-corrected chi connectivity index (χ0v) is 17.4. The van der Waals surface area contributed by atoms with E-state index in [-0.39, 0.29) is 42.5 Å².